The summed E-state index contributed by atoms with van der Waals surface area (Å²) >= 11 is 3.44. The van der Waals surface area contributed by atoms with Gasteiger partial charge in [-0.15, -0.1) is 0 Å². The van der Waals surface area contributed by atoms with Gasteiger partial charge in [0.15, 0.2) is 0 Å². The van der Waals surface area contributed by atoms with Crippen molar-refractivity contribution in [2.75, 3.05) is 0 Å². The van der Waals surface area contributed by atoms with Crippen LogP contribution in [0.25, 0.3) is 0 Å². The molecule has 1 aliphatic rings. The molecule has 0 bridgehead atoms. The summed E-state index contributed by atoms with van der Waals surface area (Å²) in [6.07, 6.45) is 3.65. The molecule has 1 aliphatic carbocycles. The summed E-state index contributed by atoms with van der Waals surface area (Å²) in [6.45, 7) is 2.22. The third-order valence-corrected chi connectivity index (χ3v) is 3.70. The topological polar surface area (TPSA) is 26.0 Å². The summed E-state index contributed by atoms with van der Waals surface area (Å²) in [5.41, 5.74) is 7.61. The van der Waals surface area contributed by atoms with E-state index in [4.69, 9.17) is 5.73 Å². The van der Waals surface area contributed by atoms with Crippen LogP contribution in [0.2, 0.25) is 0 Å². The van der Waals surface area contributed by atoms with Gasteiger partial charge in [0.1, 0.15) is 0 Å². The van der Waals surface area contributed by atoms with Gasteiger partial charge in [-0.3, -0.25) is 0 Å². The van der Waals surface area contributed by atoms with E-state index in [2.05, 4.69) is 47.1 Å². The fraction of sp³-hybridized carbons (Fsp3) is 0.500. The first kappa shape index (κ1) is 10.2. The second-order valence-corrected chi connectivity index (χ2v) is 5.15. The van der Waals surface area contributed by atoms with Gasteiger partial charge in [-0.1, -0.05) is 41.4 Å². The molecule has 0 aliphatic heterocycles. The molecular weight excluding hydrogens is 238 g/mol. The van der Waals surface area contributed by atoms with E-state index in [1.165, 1.54) is 18.4 Å². The van der Waals surface area contributed by atoms with Crippen LogP contribution in [0.4, 0.5) is 0 Å². The summed E-state index contributed by atoms with van der Waals surface area (Å²) < 4.78 is 1.12. The Balaban J connectivity index is 2.13. The van der Waals surface area contributed by atoms with Gasteiger partial charge in [0.05, 0.1) is 0 Å². The highest BCUT2D eigenvalue weighted by atomic mass is 79.9. The Morgan fingerprint density at radius 2 is 2.07 bits per heavy atom. The zero-order chi connectivity index (χ0) is 10.2. The number of hydrogen-bond acceptors (Lipinski definition) is 1. The fourth-order valence-corrected chi connectivity index (χ4v) is 2.43. The minimum absolute atomic E-state index is 0.0172. The van der Waals surface area contributed by atoms with Crippen molar-refractivity contribution in [3.8, 4) is 0 Å². The minimum atomic E-state index is -0.0172. The number of nitrogens with two attached hydrogens (primary N) is 1. The van der Waals surface area contributed by atoms with Crippen molar-refractivity contribution in [3.05, 3.63) is 34.3 Å². The molecule has 0 saturated heterocycles. The van der Waals surface area contributed by atoms with Crippen LogP contribution in [0.3, 0.4) is 0 Å². The number of rotatable bonds is 3. The molecule has 1 fully saturated rings. The van der Waals surface area contributed by atoms with Crippen LogP contribution in [-0.4, -0.2) is 0 Å². The Hall–Kier alpha value is -0.340. The van der Waals surface area contributed by atoms with Gasteiger partial charge in [0.2, 0.25) is 0 Å². The van der Waals surface area contributed by atoms with Gasteiger partial charge in [-0.2, -0.15) is 0 Å². The van der Waals surface area contributed by atoms with Crippen LogP contribution in [-0.2, 0) is 5.54 Å². The Morgan fingerprint density at radius 3 is 2.64 bits per heavy atom. The molecule has 2 rings (SSSR count). The average molecular weight is 254 g/mol. The van der Waals surface area contributed by atoms with Crippen molar-refractivity contribution in [1.82, 2.24) is 0 Å². The Kier molecular flexibility index (Phi) is 2.67. The minimum Gasteiger partial charge on any atom is -0.321 e. The lowest BCUT2D eigenvalue weighted by atomic mass is 10.0. The first-order chi connectivity index (χ1) is 6.66. The van der Waals surface area contributed by atoms with Crippen LogP contribution in [0, 0.1) is 5.92 Å². The Labute approximate surface area is 93.8 Å². The molecule has 1 aromatic carbocycles. The molecule has 0 radical (unpaired) electrons. The summed E-state index contributed by atoms with van der Waals surface area (Å²) in [4.78, 5) is 0. The highest BCUT2D eigenvalue weighted by molar-refractivity contribution is 9.10. The van der Waals surface area contributed by atoms with Gasteiger partial charge < -0.3 is 5.73 Å². The highest BCUT2D eigenvalue weighted by Crippen LogP contribution is 2.52. The average Bonchev–Trinajstić information content (AvgIpc) is 2.80. The third-order valence-electron chi connectivity index (χ3n) is 3.17. The molecule has 0 spiro atoms. The molecule has 2 atom stereocenters. The van der Waals surface area contributed by atoms with Crippen molar-refractivity contribution in [1.29, 1.82) is 0 Å². The molecular formula is C12H16BrN. The van der Waals surface area contributed by atoms with Gasteiger partial charge in [0, 0.05) is 10.0 Å². The zero-order valence-electron chi connectivity index (χ0n) is 8.46. The van der Waals surface area contributed by atoms with E-state index in [9.17, 15) is 0 Å². The van der Waals surface area contributed by atoms with Gasteiger partial charge >= 0.3 is 0 Å². The normalized spacial score (nSPS) is 30.4. The molecule has 1 aromatic rings. The van der Waals surface area contributed by atoms with E-state index in [1.54, 1.807) is 0 Å². The maximum absolute atomic E-state index is 6.33. The quantitative estimate of drug-likeness (QED) is 0.878. The number of hydrogen-bond donors (Lipinski definition) is 1. The van der Waals surface area contributed by atoms with Crippen LogP contribution >= 0.6 is 15.9 Å². The largest absolute Gasteiger partial charge is 0.321 e. The molecule has 1 saturated carbocycles. The van der Waals surface area contributed by atoms with E-state index in [-0.39, 0.29) is 5.54 Å². The lowest BCUT2D eigenvalue weighted by molar-refractivity contribution is 0.583. The van der Waals surface area contributed by atoms with E-state index < -0.39 is 0 Å². The van der Waals surface area contributed by atoms with Crippen molar-refractivity contribution >= 4 is 15.9 Å². The van der Waals surface area contributed by atoms with Crippen molar-refractivity contribution < 1.29 is 0 Å². The second kappa shape index (κ2) is 3.67. The first-order valence-corrected chi connectivity index (χ1v) is 6.01. The fourth-order valence-electron chi connectivity index (χ4n) is 2.17. The van der Waals surface area contributed by atoms with Crippen LogP contribution in [0.15, 0.2) is 28.7 Å². The molecule has 2 heteroatoms. The Bertz CT molecular complexity index is 320. The number of halogens is 1. The second-order valence-electron chi connectivity index (χ2n) is 4.24. The molecule has 2 N–H and O–H groups in total. The van der Waals surface area contributed by atoms with Crippen LogP contribution < -0.4 is 5.73 Å². The SMILES string of the molecule is CCCC1CC1(N)c1ccc(Br)cc1. The summed E-state index contributed by atoms with van der Waals surface area (Å²) in [5.74, 6) is 0.702. The summed E-state index contributed by atoms with van der Waals surface area (Å²) in [5, 5.41) is 0. The Morgan fingerprint density at radius 1 is 1.43 bits per heavy atom. The molecule has 0 amide bonds. The monoisotopic (exact) mass is 253 g/mol. The maximum atomic E-state index is 6.33. The van der Waals surface area contributed by atoms with Crippen LogP contribution in [0.5, 0.6) is 0 Å². The van der Waals surface area contributed by atoms with E-state index in [0.29, 0.717) is 5.92 Å². The smallest absolute Gasteiger partial charge is 0.0442 e. The van der Waals surface area contributed by atoms with Gasteiger partial charge in [-0.25, -0.2) is 0 Å². The maximum Gasteiger partial charge on any atom is 0.0442 e. The van der Waals surface area contributed by atoms with Crippen molar-refractivity contribution in [2.45, 2.75) is 31.7 Å². The predicted molar refractivity (Wildman–Crippen MR) is 63.0 cm³/mol. The zero-order valence-corrected chi connectivity index (χ0v) is 10.0. The third kappa shape index (κ3) is 1.73. The molecule has 2 unspecified atom stereocenters. The lowest BCUT2D eigenvalue weighted by Gasteiger charge is -2.11. The first-order valence-electron chi connectivity index (χ1n) is 5.21. The molecule has 14 heavy (non-hydrogen) atoms. The van der Waals surface area contributed by atoms with Crippen LogP contribution in [0.1, 0.15) is 31.7 Å². The van der Waals surface area contributed by atoms with E-state index in [1.807, 2.05) is 0 Å². The summed E-state index contributed by atoms with van der Waals surface area (Å²) in [7, 11) is 0. The molecule has 0 aromatic heterocycles. The highest BCUT2D eigenvalue weighted by Gasteiger charge is 2.50. The van der Waals surface area contributed by atoms with Crippen molar-refractivity contribution in [3.63, 3.8) is 0 Å². The van der Waals surface area contributed by atoms with E-state index in [0.717, 1.165) is 10.9 Å². The van der Waals surface area contributed by atoms with Crippen molar-refractivity contribution in [2.24, 2.45) is 11.7 Å². The van der Waals surface area contributed by atoms with Gasteiger partial charge in [-0.05, 0) is 36.5 Å². The lowest BCUT2D eigenvalue weighted by Crippen LogP contribution is -2.21. The van der Waals surface area contributed by atoms with Gasteiger partial charge in [0.25, 0.3) is 0 Å². The molecule has 0 heterocycles. The molecule has 76 valence electrons. The molecule has 1 nitrogen and oxygen atoms in total. The van der Waals surface area contributed by atoms with E-state index >= 15 is 0 Å². The predicted octanol–water partition coefficient (Wildman–Crippen LogP) is 3.42. The summed E-state index contributed by atoms with van der Waals surface area (Å²) in [6, 6.07) is 8.43. The number of benzene rings is 1. The standard InChI is InChI=1S/C12H16BrN/c1-2-3-10-8-12(10,14)9-4-6-11(13)7-5-9/h4-7,10H,2-3,8,14H2,1H3.